The van der Waals surface area contributed by atoms with Crippen molar-refractivity contribution in [2.45, 2.75) is 52.1 Å². The maximum absolute atomic E-state index is 12.0. The molecule has 0 rings (SSSR count). The Kier molecular flexibility index (Phi) is 8.07. The van der Waals surface area contributed by atoms with Crippen LogP contribution in [0.3, 0.4) is 0 Å². The van der Waals surface area contributed by atoms with E-state index >= 15 is 0 Å². The molecule has 0 aliphatic carbocycles. The molecule has 0 radical (unpaired) electrons. The highest BCUT2D eigenvalue weighted by Gasteiger charge is 2.20. The Morgan fingerprint density at radius 2 is 1.75 bits per heavy atom. The zero-order valence-corrected chi connectivity index (χ0v) is 9.88. The van der Waals surface area contributed by atoms with E-state index in [9.17, 15) is 13.6 Å². The van der Waals surface area contributed by atoms with Crippen molar-refractivity contribution in [3.8, 4) is 0 Å². The molecule has 0 saturated heterocycles. The molecule has 0 heterocycles. The Bertz CT molecular complexity index is 194. The predicted molar refractivity (Wildman–Crippen MR) is 58.3 cm³/mol. The van der Waals surface area contributed by atoms with Crippen LogP contribution in [0.25, 0.3) is 0 Å². The lowest BCUT2D eigenvalue weighted by molar-refractivity contribution is -0.126. The van der Waals surface area contributed by atoms with Gasteiger partial charge in [0, 0.05) is 12.5 Å². The molecule has 96 valence electrons. The first-order valence-corrected chi connectivity index (χ1v) is 5.76. The van der Waals surface area contributed by atoms with Crippen molar-refractivity contribution in [2.75, 3.05) is 6.54 Å². The van der Waals surface area contributed by atoms with Crippen LogP contribution in [0.1, 0.15) is 39.5 Å². The predicted octanol–water partition coefficient (Wildman–Crippen LogP) is 1.95. The number of aliphatic hydroxyl groups excluding tert-OH is 1. The molecule has 0 aromatic carbocycles. The molecule has 0 aliphatic rings. The summed E-state index contributed by atoms with van der Waals surface area (Å²) in [6.07, 6.45) is -1.30. The van der Waals surface area contributed by atoms with Gasteiger partial charge in [-0.1, -0.05) is 26.7 Å². The second-order valence-electron chi connectivity index (χ2n) is 3.92. The second-order valence-corrected chi connectivity index (χ2v) is 3.92. The minimum atomic E-state index is -2.81. The summed E-state index contributed by atoms with van der Waals surface area (Å²) in [5.74, 6) is -0.358. The summed E-state index contributed by atoms with van der Waals surface area (Å²) in [6.45, 7) is 3.58. The highest BCUT2D eigenvalue weighted by atomic mass is 19.3. The molecule has 3 nitrogen and oxygen atoms in total. The zero-order chi connectivity index (χ0) is 12.6. The van der Waals surface area contributed by atoms with Crippen LogP contribution in [-0.2, 0) is 4.79 Å². The lowest BCUT2D eigenvalue weighted by Gasteiger charge is -2.17. The van der Waals surface area contributed by atoms with Gasteiger partial charge in [0.2, 0.25) is 5.91 Å². The third kappa shape index (κ3) is 6.00. The molecule has 0 saturated carbocycles. The summed E-state index contributed by atoms with van der Waals surface area (Å²) in [5.41, 5.74) is 0. The highest BCUT2D eigenvalue weighted by Crippen LogP contribution is 2.13. The van der Waals surface area contributed by atoms with Gasteiger partial charge in [0.05, 0.1) is 0 Å². The normalized spacial score (nSPS) is 13.2. The minimum absolute atomic E-state index is 0.125. The van der Waals surface area contributed by atoms with Crippen molar-refractivity contribution in [1.82, 2.24) is 5.32 Å². The molecular weight excluding hydrogens is 216 g/mol. The number of hydrogen-bond donors (Lipinski definition) is 2. The van der Waals surface area contributed by atoms with Gasteiger partial charge in [-0.15, -0.1) is 0 Å². The van der Waals surface area contributed by atoms with E-state index in [0.29, 0.717) is 0 Å². The van der Waals surface area contributed by atoms with Crippen LogP contribution in [0.4, 0.5) is 8.78 Å². The molecule has 2 N–H and O–H groups in total. The Balaban J connectivity index is 3.99. The van der Waals surface area contributed by atoms with Crippen molar-refractivity contribution in [1.29, 1.82) is 0 Å². The Morgan fingerprint density at radius 3 is 2.12 bits per heavy atom. The zero-order valence-electron chi connectivity index (χ0n) is 9.88. The van der Waals surface area contributed by atoms with Crippen molar-refractivity contribution in [3.63, 3.8) is 0 Å². The standard InChI is InChI=1S/C11H21F2NO2/c1-3-5-8(6-4-2)11(16)14-7-9(15)10(12)13/h8-10,15H,3-7H2,1-2H3,(H,14,16). The van der Waals surface area contributed by atoms with Gasteiger partial charge in [0.1, 0.15) is 6.10 Å². The number of alkyl halides is 2. The van der Waals surface area contributed by atoms with Gasteiger partial charge in [-0.05, 0) is 12.8 Å². The number of carbonyl (C=O) groups excluding carboxylic acids is 1. The smallest absolute Gasteiger partial charge is 0.265 e. The Hall–Kier alpha value is -0.710. The van der Waals surface area contributed by atoms with Gasteiger partial charge in [0.25, 0.3) is 6.43 Å². The van der Waals surface area contributed by atoms with Crippen LogP contribution in [0, 0.1) is 5.92 Å². The molecule has 1 amide bonds. The van der Waals surface area contributed by atoms with Gasteiger partial charge in [-0.25, -0.2) is 8.78 Å². The van der Waals surface area contributed by atoms with E-state index in [1.807, 2.05) is 13.8 Å². The lowest BCUT2D eigenvalue weighted by Crippen LogP contribution is -2.39. The minimum Gasteiger partial charge on any atom is -0.385 e. The van der Waals surface area contributed by atoms with Gasteiger partial charge < -0.3 is 10.4 Å². The van der Waals surface area contributed by atoms with Gasteiger partial charge in [0.15, 0.2) is 0 Å². The largest absolute Gasteiger partial charge is 0.385 e. The summed E-state index contributed by atoms with van der Waals surface area (Å²) in [7, 11) is 0. The van der Waals surface area contributed by atoms with Crippen LogP contribution >= 0.6 is 0 Å². The first-order chi connectivity index (χ1) is 7.52. The van der Waals surface area contributed by atoms with E-state index in [-0.39, 0.29) is 18.4 Å². The van der Waals surface area contributed by atoms with E-state index in [2.05, 4.69) is 5.32 Å². The summed E-state index contributed by atoms with van der Waals surface area (Å²) >= 11 is 0. The van der Waals surface area contributed by atoms with Gasteiger partial charge >= 0.3 is 0 Å². The van der Waals surface area contributed by atoms with Crippen molar-refractivity contribution >= 4 is 5.91 Å². The first kappa shape index (κ1) is 15.3. The van der Waals surface area contributed by atoms with Gasteiger partial charge in [-0.2, -0.15) is 0 Å². The average molecular weight is 237 g/mol. The van der Waals surface area contributed by atoms with Crippen LogP contribution in [0.15, 0.2) is 0 Å². The maximum Gasteiger partial charge on any atom is 0.265 e. The van der Waals surface area contributed by atoms with Crippen molar-refractivity contribution in [3.05, 3.63) is 0 Å². The van der Waals surface area contributed by atoms with Crippen LogP contribution in [-0.4, -0.2) is 30.1 Å². The van der Waals surface area contributed by atoms with Crippen molar-refractivity contribution < 1.29 is 18.7 Å². The number of aliphatic hydroxyl groups is 1. The number of hydrogen-bond acceptors (Lipinski definition) is 2. The molecule has 1 atom stereocenters. The van der Waals surface area contributed by atoms with E-state index < -0.39 is 12.5 Å². The number of rotatable bonds is 8. The van der Waals surface area contributed by atoms with E-state index in [4.69, 9.17) is 5.11 Å². The molecule has 1 unspecified atom stereocenters. The summed E-state index contributed by atoms with van der Waals surface area (Å²) in [5, 5.41) is 11.2. The fourth-order valence-corrected chi connectivity index (χ4v) is 1.54. The van der Waals surface area contributed by atoms with Crippen LogP contribution in [0.5, 0.6) is 0 Å². The second kappa shape index (κ2) is 8.44. The fraction of sp³-hybridized carbons (Fsp3) is 0.909. The average Bonchev–Trinajstić information content (AvgIpc) is 2.24. The summed E-state index contributed by atoms with van der Waals surface area (Å²) in [4.78, 5) is 11.6. The van der Waals surface area contributed by atoms with Crippen LogP contribution in [0.2, 0.25) is 0 Å². The summed E-state index contributed by atoms with van der Waals surface area (Å²) < 4.78 is 23.9. The van der Waals surface area contributed by atoms with E-state index in [1.54, 1.807) is 0 Å². The molecule has 0 aromatic rings. The first-order valence-electron chi connectivity index (χ1n) is 5.76. The lowest BCUT2D eigenvalue weighted by atomic mass is 9.97. The Morgan fingerprint density at radius 1 is 1.25 bits per heavy atom. The molecule has 0 aromatic heterocycles. The quantitative estimate of drug-likeness (QED) is 0.678. The SMILES string of the molecule is CCCC(CCC)C(=O)NCC(O)C(F)F. The van der Waals surface area contributed by atoms with Crippen molar-refractivity contribution in [2.24, 2.45) is 5.92 Å². The molecule has 0 fully saturated rings. The number of halogens is 2. The molecule has 0 bridgehead atoms. The number of carbonyl (C=O) groups is 1. The molecular formula is C11H21F2NO2. The molecule has 0 spiro atoms. The van der Waals surface area contributed by atoms with Crippen LogP contribution < -0.4 is 5.32 Å². The topological polar surface area (TPSA) is 49.3 Å². The third-order valence-corrected chi connectivity index (χ3v) is 2.42. The maximum atomic E-state index is 12.0. The molecule has 16 heavy (non-hydrogen) atoms. The highest BCUT2D eigenvalue weighted by molar-refractivity contribution is 5.78. The van der Waals surface area contributed by atoms with Gasteiger partial charge in [-0.3, -0.25) is 4.79 Å². The van der Waals surface area contributed by atoms with E-state index in [1.165, 1.54) is 0 Å². The monoisotopic (exact) mass is 237 g/mol. The van der Waals surface area contributed by atoms with E-state index in [0.717, 1.165) is 25.7 Å². The number of amides is 1. The third-order valence-electron chi connectivity index (χ3n) is 2.42. The number of nitrogens with one attached hydrogen (secondary N) is 1. The summed E-state index contributed by atoms with van der Waals surface area (Å²) in [6, 6.07) is 0. The molecule has 0 aliphatic heterocycles. The molecule has 5 heteroatoms. The fourth-order valence-electron chi connectivity index (χ4n) is 1.54. The Labute approximate surface area is 95.2 Å².